The predicted molar refractivity (Wildman–Crippen MR) is 134 cm³/mol. The summed E-state index contributed by atoms with van der Waals surface area (Å²) in [7, 11) is -3.91. The van der Waals surface area contributed by atoms with Gasteiger partial charge < -0.3 is 10.2 Å². The zero-order valence-corrected chi connectivity index (χ0v) is 21.2. The maximum atomic E-state index is 13.2. The summed E-state index contributed by atoms with van der Waals surface area (Å²) in [6, 6.07) is 12.0. The third-order valence-corrected chi connectivity index (χ3v) is 7.45. The average molecular weight is 486 g/mol. The molecule has 34 heavy (non-hydrogen) atoms. The first-order chi connectivity index (χ1) is 16.1. The van der Waals surface area contributed by atoms with E-state index in [0.717, 1.165) is 22.4 Å². The average Bonchev–Trinajstić information content (AvgIpc) is 3.21. The van der Waals surface area contributed by atoms with Crippen molar-refractivity contribution in [2.24, 2.45) is 5.92 Å². The van der Waals surface area contributed by atoms with Gasteiger partial charge in [0.1, 0.15) is 6.04 Å². The molecule has 184 valence electrons. The van der Waals surface area contributed by atoms with Crippen molar-refractivity contribution in [3.8, 4) is 0 Å². The minimum absolute atomic E-state index is 0.0202. The number of nitrogens with zero attached hydrogens (tertiary/aromatic N) is 1. The first-order valence-electron chi connectivity index (χ1n) is 11.9. The second kappa shape index (κ2) is 11.1. The number of aryl methyl sites for hydroxylation is 1. The van der Waals surface area contributed by atoms with E-state index in [9.17, 15) is 18.0 Å². The van der Waals surface area contributed by atoms with Crippen LogP contribution in [0.5, 0.6) is 0 Å². The normalized spacial score (nSPS) is 14.2. The fourth-order valence-electron chi connectivity index (χ4n) is 4.25. The fraction of sp³-hybridized carbons (Fsp3) is 0.462. The molecule has 2 aromatic carbocycles. The van der Waals surface area contributed by atoms with Gasteiger partial charge in [-0.3, -0.25) is 9.59 Å². The zero-order valence-electron chi connectivity index (χ0n) is 20.4. The third-order valence-electron chi connectivity index (χ3n) is 5.98. The summed E-state index contributed by atoms with van der Waals surface area (Å²) in [5, 5.41) is 2.89. The Labute approximate surface area is 203 Å². The van der Waals surface area contributed by atoms with Crippen LogP contribution in [0, 0.1) is 12.8 Å². The molecule has 3 rings (SSSR count). The second-order valence-corrected chi connectivity index (χ2v) is 11.0. The van der Waals surface area contributed by atoms with Crippen molar-refractivity contribution in [3.63, 3.8) is 0 Å². The number of fused-ring (bicyclic) bond motifs is 1. The number of hydrogen-bond acceptors (Lipinski definition) is 4. The van der Waals surface area contributed by atoms with Gasteiger partial charge in [0.15, 0.2) is 0 Å². The summed E-state index contributed by atoms with van der Waals surface area (Å²) in [5.74, 6) is -0.179. The molecule has 2 N–H and O–H groups in total. The zero-order chi connectivity index (χ0) is 24.9. The van der Waals surface area contributed by atoms with Crippen LogP contribution in [0.15, 0.2) is 47.4 Å². The summed E-state index contributed by atoms with van der Waals surface area (Å²) in [6.07, 6.45) is 2.07. The summed E-state index contributed by atoms with van der Waals surface area (Å²) in [4.78, 5) is 26.8. The van der Waals surface area contributed by atoms with E-state index in [-0.39, 0.29) is 22.6 Å². The van der Waals surface area contributed by atoms with Gasteiger partial charge in [-0.25, -0.2) is 8.42 Å². The highest BCUT2D eigenvalue weighted by atomic mass is 32.2. The Balaban J connectivity index is 1.70. The lowest BCUT2D eigenvalue weighted by Gasteiger charge is -2.21. The van der Waals surface area contributed by atoms with Crippen LogP contribution in [0.2, 0.25) is 0 Å². The number of amides is 2. The van der Waals surface area contributed by atoms with Crippen molar-refractivity contribution < 1.29 is 18.0 Å². The molecule has 0 fully saturated rings. The molecule has 1 atom stereocenters. The van der Waals surface area contributed by atoms with Crippen molar-refractivity contribution in [2.75, 3.05) is 18.0 Å². The fourth-order valence-corrected chi connectivity index (χ4v) is 5.51. The molecule has 1 aliphatic heterocycles. The van der Waals surface area contributed by atoms with E-state index in [4.69, 9.17) is 0 Å². The summed E-state index contributed by atoms with van der Waals surface area (Å²) < 4.78 is 28.9. The molecular weight excluding hydrogens is 450 g/mol. The molecule has 1 aliphatic rings. The van der Waals surface area contributed by atoms with E-state index in [1.54, 1.807) is 17.0 Å². The van der Waals surface area contributed by atoms with Gasteiger partial charge >= 0.3 is 0 Å². The van der Waals surface area contributed by atoms with Gasteiger partial charge in [-0.05, 0) is 61.4 Å². The Hall–Kier alpha value is -2.71. The van der Waals surface area contributed by atoms with Crippen LogP contribution in [-0.2, 0) is 32.5 Å². The monoisotopic (exact) mass is 485 g/mol. The Kier molecular flexibility index (Phi) is 8.49. The number of nitrogens with one attached hydrogen (secondary N) is 2. The quantitative estimate of drug-likeness (QED) is 0.540. The number of carbonyl (C=O) groups is 2. The molecule has 0 radical (unpaired) electrons. The van der Waals surface area contributed by atoms with E-state index >= 15 is 0 Å². The first kappa shape index (κ1) is 25.9. The van der Waals surface area contributed by atoms with Gasteiger partial charge in [0.05, 0.1) is 4.90 Å². The highest BCUT2D eigenvalue weighted by molar-refractivity contribution is 7.89. The van der Waals surface area contributed by atoms with E-state index < -0.39 is 16.1 Å². The predicted octanol–water partition coefficient (Wildman–Crippen LogP) is 3.35. The van der Waals surface area contributed by atoms with Crippen molar-refractivity contribution >= 4 is 27.5 Å². The van der Waals surface area contributed by atoms with Gasteiger partial charge in [0.25, 0.3) is 0 Å². The van der Waals surface area contributed by atoms with Crippen LogP contribution in [0.3, 0.4) is 0 Å². The molecule has 1 unspecified atom stereocenters. The maximum Gasteiger partial charge on any atom is 0.241 e. The number of carbonyl (C=O) groups excluding carboxylic acids is 2. The van der Waals surface area contributed by atoms with Crippen LogP contribution in [0.25, 0.3) is 0 Å². The summed E-state index contributed by atoms with van der Waals surface area (Å²) in [5.41, 5.74) is 3.87. The lowest BCUT2D eigenvalue weighted by molar-refractivity contribution is -0.123. The number of sulfonamides is 1. The standard InChI is InChI=1S/C26H35N3O4S/c1-5-25(30)29-14-12-21-17-22(9-10-24(21)29)34(32,33)28-23(15-18(2)3)26(31)27-13-11-20-8-6-7-19(4)16-20/h6-10,16-18,23,28H,5,11-15H2,1-4H3,(H,27,31). The highest BCUT2D eigenvalue weighted by Gasteiger charge is 2.29. The molecule has 0 aromatic heterocycles. The minimum atomic E-state index is -3.91. The number of benzene rings is 2. The van der Waals surface area contributed by atoms with Crippen LogP contribution < -0.4 is 14.9 Å². The van der Waals surface area contributed by atoms with Crippen molar-refractivity contribution in [3.05, 3.63) is 59.2 Å². The van der Waals surface area contributed by atoms with E-state index in [1.165, 1.54) is 6.07 Å². The molecule has 0 aliphatic carbocycles. The lowest BCUT2D eigenvalue weighted by atomic mass is 10.0. The SMILES string of the molecule is CCC(=O)N1CCc2cc(S(=O)(=O)NC(CC(C)C)C(=O)NCCc3cccc(C)c3)ccc21. The molecule has 2 amide bonds. The Bertz CT molecular complexity index is 1140. The highest BCUT2D eigenvalue weighted by Crippen LogP contribution is 2.30. The Morgan fingerprint density at radius 3 is 2.56 bits per heavy atom. The van der Waals surface area contributed by atoms with Crippen molar-refractivity contribution in [2.45, 2.75) is 64.3 Å². The smallest absolute Gasteiger partial charge is 0.241 e. The van der Waals surface area contributed by atoms with Gasteiger partial charge in [0, 0.05) is 25.2 Å². The van der Waals surface area contributed by atoms with Crippen LogP contribution in [0.1, 0.15) is 50.3 Å². The van der Waals surface area contributed by atoms with Crippen molar-refractivity contribution in [1.82, 2.24) is 10.0 Å². The molecule has 1 heterocycles. The molecule has 0 spiro atoms. The minimum Gasteiger partial charge on any atom is -0.354 e. The summed E-state index contributed by atoms with van der Waals surface area (Å²) in [6.45, 7) is 8.72. The topological polar surface area (TPSA) is 95.6 Å². The molecule has 0 saturated carbocycles. The second-order valence-electron chi connectivity index (χ2n) is 9.27. The van der Waals surface area contributed by atoms with E-state index in [1.807, 2.05) is 45.9 Å². The third kappa shape index (κ3) is 6.45. The van der Waals surface area contributed by atoms with Crippen LogP contribution in [0.4, 0.5) is 5.69 Å². The molecule has 0 saturated heterocycles. The van der Waals surface area contributed by atoms with E-state index in [2.05, 4.69) is 16.1 Å². The van der Waals surface area contributed by atoms with Gasteiger partial charge in [-0.2, -0.15) is 4.72 Å². The molecule has 8 heteroatoms. The number of rotatable bonds is 10. The Morgan fingerprint density at radius 2 is 1.88 bits per heavy atom. The van der Waals surface area contributed by atoms with Crippen LogP contribution in [-0.4, -0.2) is 39.4 Å². The summed E-state index contributed by atoms with van der Waals surface area (Å²) >= 11 is 0. The van der Waals surface area contributed by atoms with Gasteiger partial charge in [0.2, 0.25) is 21.8 Å². The van der Waals surface area contributed by atoms with Gasteiger partial charge in [-0.15, -0.1) is 0 Å². The maximum absolute atomic E-state index is 13.2. The van der Waals surface area contributed by atoms with Crippen LogP contribution >= 0.6 is 0 Å². The molecular formula is C26H35N3O4S. The number of anilines is 1. The van der Waals surface area contributed by atoms with E-state index in [0.29, 0.717) is 38.8 Å². The molecule has 7 nitrogen and oxygen atoms in total. The van der Waals surface area contributed by atoms with Gasteiger partial charge in [-0.1, -0.05) is 50.6 Å². The first-order valence-corrected chi connectivity index (χ1v) is 13.4. The lowest BCUT2D eigenvalue weighted by Crippen LogP contribution is -2.47. The Morgan fingerprint density at radius 1 is 1.12 bits per heavy atom. The molecule has 2 aromatic rings. The number of hydrogen-bond donors (Lipinski definition) is 2. The van der Waals surface area contributed by atoms with Crippen molar-refractivity contribution in [1.29, 1.82) is 0 Å². The molecule has 0 bridgehead atoms. The largest absolute Gasteiger partial charge is 0.354 e.